The van der Waals surface area contributed by atoms with E-state index in [0.29, 0.717) is 11.7 Å². The zero-order valence-electron chi connectivity index (χ0n) is 17.1. The van der Waals surface area contributed by atoms with E-state index in [1.165, 1.54) is 16.9 Å². The van der Waals surface area contributed by atoms with Gasteiger partial charge in [0.2, 0.25) is 16.9 Å². The minimum absolute atomic E-state index is 0.0269. The van der Waals surface area contributed by atoms with Crippen LogP contribution in [0.25, 0.3) is 0 Å². The van der Waals surface area contributed by atoms with Gasteiger partial charge in [0.15, 0.2) is 0 Å². The molecular weight excluding hydrogens is 396 g/mol. The molecule has 0 aliphatic carbocycles. The minimum Gasteiger partial charge on any atom is -0.312 e. The number of hydrogen-bond acceptors (Lipinski definition) is 5. The Morgan fingerprint density at radius 2 is 1.83 bits per heavy atom. The first-order chi connectivity index (χ1) is 14.5. The Balaban J connectivity index is 1.35. The van der Waals surface area contributed by atoms with Crippen molar-refractivity contribution < 1.29 is 9.59 Å². The highest BCUT2D eigenvalue weighted by molar-refractivity contribution is 7.15. The maximum Gasteiger partial charge on any atom is 0.231 e. The first-order valence-electron chi connectivity index (χ1n) is 10.0. The van der Waals surface area contributed by atoms with Crippen LogP contribution < -0.4 is 10.2 Å². The van der Waals surface area contributed by atoms with Crippen molar-refractivity contribution in [2.24, 2.45) is 5.92 Å². The SMILES string of the molecule is Cc1cc(C)cc(N2CC(C(=O)Nc3nnc(CCc4ccccc4)s3)CC2=O)c1. The summed E-state index contributed by atoms with van der Waals surface area (Å²) in [5.74, 6) is -0.600. The van der Waals surface area contributed by atoms with Gasteiger partial charge in [-0.25, -0.2) is 0 Å². The lowest BCUT2D eigenvalue weighted by Gasteiger charge is -2.18. The monoisotopic (exact) mass is 420 g/mol. The molecule has 1 N–H and O–H groups in total. The largest absolute Gasteiger partial charge is 0.312 e. The summed E-state index contributed by atoms with van der Waals surface area (Å²) in [4.78, 5) is 26.9. The van der Waals surface area contributed by atoms with Crippen LogP contribution in [0.4, 0.5) is 10.8 Å². The second-order valence-corrected chi connectivity index (χ2v) is 8.79. The third kappa shape index (κ3) is 4.74. The number of aromatic nitrogens is 2. The van der Waals surface area contributed by atoms with Crippen LogP contribution >= 0.6 is 11.3 Å². The molecule has 1 aliphatic rings. The topological polar surface area (TPSA) is 75.2 Å². The molecular formula is C23H24N4O2S. The highest BCUT2D eigenvalue weighted by Crippen LogP contribution is 2.28. The summed E-state index contributed by atoms with van der Waals surface area (Å²) in [6.45, 7) is 4.39. The zero-order valence-corrected chi connectivity index (χ0v) is 17.9. The Labute approximate surface area is 180 Å². The lowest BCUT2D eigenvalue weighted by molar-refractivity contribution is -0.122. The highest BCUT2D eigenvalue weighted by atomic mass is 32.1. The molecule has 0 spiro atoms. The van der Waals surface area contributed by atoms with Gasteiger partial charge in [0.25, 0.3) is 0 Å². The molecule has 6 nitrogen and oxygen atoms in total. The number of benzene rings is 2. The Morgan fingerprint density at radius 1 is 1.10 bits per heavy atom. The molecule has 7 heteroatoms. The summed E-state index contributed by atoms with van der Waals surface area (Å²) in [6, 6.07) is 16.2. The van der Waals surface area contributed by atoms with Gasteiger partial charge in [0.1, 0.15) is 5.01 Å². The number of nitrogens with zero attached hydrogens (tertiary/aromatic N) is 3. The minimum atomic E-state index is -0.394. The normalized spacial score (nSPS) is 16.1. The molecule has 2 aromatic carbocycles. The van der Waals surface area contributed by atoms with Gasteiger partial charge in [-0.15, -0.1) is 10.2 Å². The molecule has 4 rings (SSSR count). The van der Waals surface area contributed by atoms with Gasteiger partial charge in [-0.1, -0.05) is 47.7 Å². The van der Waals surface area contributed by atoms with Crippen molar-refractivity contribution in [1.29, 1.82) is 0 Å². The van der Waals surface area contributed by atoms with E-state index in [-0.39, 0.29) is 18.2 Å². The van der Waals surface area contributed by atoms with Crippen molar-refractivity contribution in [2.75, 3.05) is 16.8 Å². The number of carbonyl (C=O) groups excluding carboxylic acids is 2. The lowest BCUT2D eigenvalue weighted by atomic mass is 10.1. The van der Waals surface area contributed by atoms with Crippen molar-refractivity contribution >= 4 is 34.0 Å². The van der Waals surface area contributed by atoms with Gasteiger partial charge in [0.05, 0.1) is 5.92 Å². The van der Waals surface area contributed by atoms with Crippen LogP contribution in [0.3, 0.4) is 0 Å². The van der Waals surface area contributed by atoms with Crippen LogP contribution in [0, 0.1) is 19.8 Å². The van der Waals surface area contributed by atoms with Gasteiger partial charge in [-0.3, -0.25) is 9.59 Å². The number of rotatable bonds is 6. The Kier molecular flexibility index (Phi) is 5.90. The van der Waals surface area contributed by atoms with Crippen LogP contribution in [0.15, 0.2) is 48.5 Å². The summed E-state index contributed by atoms with van der Waals surface area (Å²) in [5.41, 5.74) is 4.30. The molecule has 2 heterocycles. The summed E-state index contributed by atoms with van der Waals surface area (Å²) < 4.78 is 0. The van der Waals surface area contributed by atoms with Crippen LogP contribution in [-0.4, -0.2) is 28.6 Å². The lowest BCUT2D eigenvalue weighted by Crippen LogP contribution is -2.28. The number of anilines is 2. The number of nitrogens with one attached hydrogen (secondary N) is 1. The maximum absolute atomic E-state index is 12.7. The third-order valence-corrected chi connectivity index (χ3v) is 6.08. The second kappa shape index (κ2) is 8.75. The molecule has 1 saturated heterocycles. The predicted octanol–water partition coefficient (Wildman–Crippen LogP) is 3.93. The van der Waals surface area contributed by atoms with Gasteiger partial charge < -0.3 is 10.2 Å². The molecule has 1 atom stereocenters. The molecule has 0 saturated carbocycles. The fraction of sp³-hybridized carbons (Fsp3) is 0.304. The van der Waals surface area contributed by atoms with E-state index in [4.69, 9.17) is 0 Å². The smallest absolute Gasteiger partial charge is 0.231 e. The maximum atomic E-state index is 12.7. The van der Waals surface area contributed by atoms with Gasteiger partial charge in [-0.05, 0) is 49.1 Å². The summed E-state index contributed by atoms with van der Waals surface area (Å²) in [6.07, 6.45) is 1.86. The number of carbonyl (C=O) groups is 2. The van der Waals surface area contributed by atoms with E-state index in [2.05, 4.69) is 33.7 Å². The fourth-order valence-corrected chi connectivity index (χ4v) is 4.49. The van der Waals surface area contributed by atoms with E-state index >= 15 is 0 Å². The number of amides is 2. The van der Waals surface area contributed by atoms with Gasteiger partial charge >= 0.3 is 0 Å². The second-order valence-electron chi connectivity index (χ2n) is 7.73. The molecule has 154 valence electrons. The molecule has 0 bridgehead atoms. The van der Waals surface area contributed by atoms with E-state index < -0.39 is 5.92 Å². The summed E-state index contributed by atoms with van der Waals surface area (Å²) in [5, 5.41) is 12.5. The van der Waals surface area contributed by atoms with Gasteiger partial charge in [0, 0.05) is 25.1 Å². The van der Waals surface area contributed by atoms with Crippen molar-refractivity contribution in [1.82, 2.24) is 10.2 Å². The van der Waals surface area contributed by atoms with E-state index in [1.54, 1.807) is 4.90 Å². The summed E-state index contributed by atoms with van der Waals surface area (Å²) >= 11 is 1.39. The molecule has 30 heavy (non-hydrogen) atoms. The summed E-state index contributed by atoms with van der Waals surface area (Å²) in [7, 11) is 0. The average molecular weight is 421 g/mol. The van der Waals surface area contributed by atoms with Crippen molar-refractivity contribution in [3.05, 3.63) is 70.2 Å². The van der Waals surface area contributed by atoms with E-state index in [1.807, 2.05) is 44.2 Å². The van der Waals surface area contributed by atoms with Crippen LogP contribution in [0.5, 0.6) is 0 Å². The first-order valence-corrected chi connectivity index (χ1v) is 10.9. The third-order valence-electron chi connectivity index (χ3n) is 5.18. The number of hydrogen-bond donors (Lipinski definition) is 1. The van der Waals surface area contributed by atoms with Crippen LogP contribution in [0.1, 0.15) is 28.1 Å². The molecule has 1 aromatic heterocycles. The van der Waals surface area contributed by atoms with Crippen LogP contribution in [-0.2, 0) is 22.4 Å². The predicted molar refractivity (Wildman–Crippen MR) is 119 cm³/mol. The fourth-order valence-electron chi connectivity index (χ4n) is 3.75. The zero-order chi connectivity index (χ0) is 21.1. The van der Waals surface area contributed by atoms with Crippen molar-refractivity contribution in [3.63, 3.8) is 0 Å². The van der Waals surface area contributed by atoms with E-state index in [0.717, 1.165) is 34.7 Å². The van der Waals surface area contributed by atoms with E-state index in [9.17, 15) is 9.59 Å². The Hall–Kier alpha value is -3.06. The first kappa shape index (κ1) is 20.2. The van der Waals surface area contributed by atoms with Crippen molar-refractivity contribution in [2.45, 2.75) is 33.1 Å². The number of aryl methyl sites for hydroxylation is 4. The highest BCUT2D eigenvalue weighted by Gasteiger charge is 2.35. The quantitative estimate of drug-likeness (QED) is 0.656. The van der Waals surface area contributed by atoms with Crippen LogP contribution in [0.2, 0.25) is 0 Å². The molecule has 1 fully saturated rings. The Bertz CT molecular complexity index is 1040. The molecule has 2 amide bonds. The molecule has 0 radical (unpaired) electrons. The van der Waals surface area contributed by atoms with Crippen molar-refractivity contribution in [3.8, 4) is 0 Å². The Morgan fingerprint density at radius 3 is 2.57 bits per heavy atom. The standard InChI is InChI=1S/C23H24N4O2S/c1-15-10-16(2)12-19(11-15)27-14-18(13-21(27)28)22(29)24-23-26-25-20(30-23)9-8-17-6-4-3-5-7-17/h3-7,10-12,18H,8-9,13-14H2,1-2H3,(H,24,26,29). The molecule has 1 aliphatic heterocycles. The molecule has 1 unspecified atom stereocenters. The average Bonchev–Trinajstić information content (AvgIpc) is 3.33. The van der Waals surface area contributed by atoms with Gasteiger partial charge in [-0.2, -0.15) is 0 Å². The molecule has 3 aromatic rings.